The Morgan fingerprint density at radius 3 is 2.58 bits per heavy atom. The molecule has 4 aromatic rings. The number of hydrogen-bond donors (Lipinski definition) is 1. The molecule has 2 aromatic carbocycles. The second kappa shape index (κ2) is 10.6. The van der Waals surface area contributed by atoms with Gasteiger partial charge in [0.2, 0.25) is 5.91 Å². The Hall–Kier alpha value is -4.67. The number of aromatic nitrogens is 3. The minimum absolute atomic E-state index is 0.0606. The Morgan fingerprint density at radius 1 is 1.14 bits per heavy atom. The molecule has 1 fully saturated rings. The molecule has 0 spiro atoms. The lowest BCUT2D eigenvalue weighted by molar-refractivity contribution is -0.127. The summed E-state index contributed by atoms with van der Waals surface area (Å²) in [6, 6.07) is 6.27. The Bertz CT molecular complexity index is 1870. The van der Waals surface area contributed by atoms with E-state index in [0.29, 0.717) is 23.5 Å². The number of halogens is 3. The van der Waals surface area contributed by atoms with Crippen LogP contribution in [-0.4, -0.2) is 57.1 Å². The minimum atomic E-state index is -1.09. The van der Waals surface area contributed by atoms with E-state index in [1.807, 2.05) is 25.7 Å². The lowest BCUT2D eigenvalue weighted by Crippen LogP contribution is -2.61. The number of nitrogens with zero attached hydrogens (tertiary/aromatic N) is 5. The van der Waals surface area contributed by atoms with Crippen LogP contribution in [0, 0.1) is 24.4 Å². The summed E-state index contributed by atoms with van der Waals surface area (Å²) in [7, 11) is 0. The SMILES string of the molecule is C=CC(=O)N1CC(C)N2c3nc(=O)n(-c4c(C)ccnc4C(C)C)c4c(F)c(-c5ccccc5F)c(F)c(c34)NCC2C1. The van der Waals surface area contributed by atoms with Gasteiger partial charge in [-0.25, -0.2) is 18.0 Å². The molecule has 1 N–H and O–H groups in total. The molecule has 8 nitrogen and oxygen atoms in total. The van der Waals surface area contributed by atoms with Crippen molar-refractivity contribution in [2.45, 2.75) is 45.7 Å². The van der Waals surface area contributed by atoms with Crippen molar-refractivity contribution in [2.75, 3.05) is 29.9 Å². The number of fused-ring (bicyclic) bond motifs is 2. The lowest BCUT2D eigenvalue weighted by Gasteiger charge is -2.45. The zero-order chi connectivity index (χ0) is 30.7. The Labute approximate surface area is 246 Å². The van der Waals surface area contributed by atoms with Crippen molar-refractivity contribution in [1.29, 1.82) is 0 Å². The van der Waals surface area contributed by atoms with Gasteiger partial charge in [-0.05, 0) is 43.5 Å². The van der Waals surface area contributed by atoms with E-state index in [1.54, 1.807) is 24.1 Å². The highest BCUT2D eigenvalue weighted by Gasteiger charge is 2.40. The van der Waals surface area contributed by atoms with Crippen molar-refractivity contribution in [3.05, 3.63) is 88.4 Å². The molecule has 2 aliphatic rings. The second-order valence-corrected chi connectivity index (χ2v) is 11.4. The number of carbonyl (C=O) groups is 1. The van der Waals surface area contributed by atoms with Crippen molar-refractivity contribution >= 4 is 28.3 Å². The molecule has 0 saturated carbocycles. The van der Waals surface area contributed by atoms with E-state index in [0.717, 1.165) is 10.6 Å². The summed E-state index contributed by atoms with van der Waals surface area (Å²) < 4.78 is 49.9. The maximum absolute atomic E-state index is 17.0. The van der Waals surface area contributed by atoms with Gasteiger partial charge in [0.1, 0.15) is 17.2 Å². The van der Waals surface area contributed by atoms with Crippen molar-refractivity contribution in [1.82, 2.24) is 19.4 Å². The first-order valence-electron chi connectivity index (χ1n) is 14.2. The average Bonchev–Trinajstić information content (AvgIpc) is 3.13. The number of nitrogens with one attached hydrogen (secondary N) is 1. The summed E-state index contributed by atoms with van der Waals surface area (Å²) in [5.41, 5.74) is -0.473. The van der Waals surface area contributed by atoms with Crippen LogP contribution in [0.4, 0.5) is 24.7 Å². The van der Waals surface area contributed by atoms with Gasteiger partial charge >= 0.3 is 5.69 Å². The molecular weight excluding hydrogens is 557 g/mol. The molecule has 1 saturated heterocycles. The number of hydrogen-bond acceptors (Lipinski definition) is 6. The smallest absolute Gasteiger partial charge is 0.354 e. The quantitative estimate of drug-likeness (QED) is 0.325. The van der Waals surface area contributed by atoms with Crippen LogP contribution in [0.25, 0.3) is 27.7 Å². The maximum Gasteiger partial charge on any atom is 0.354 e. The van der Waals surface area contributed by atoms with Gasteiger partial charge in [-0.3, -0.25) is 14.3 Å². The predicted molar refractivity (Wildman–Crippen MR) is 160 cm³/mol. The second-order valence-electron chi connectivity index (χ2n) is 11.4. The minimum Gasteiger partial charge on any atom is -0.380 e. The monoisotopic (exact) mass is 588 g/mol. The third-order valence-corrected chi connectivity index (χ3v) is 8.29. The summed E-state index contributed by atoms with van der Waals surface area (Å²) in [6.07, 6.45) is 2.85. The van der Waals surface area contributed by atoms with Gasteiger partial charge in [0, 0.05) is 37.4 Å². The number of pyridine rings is 1. The number of carbonyl (C=O) groups excluding carboxylic acids is 1. The zero-order valence-electron chi connectivity index (χ0n) is 24.3. The third-order valence-electron chi connectivity index (χ3n) is 8.29. The number of amides is 1. The number of benzene rings is 2. The van der Waals surface area contributed by atoms with Crippen LogP contribution in [0.5, 0.6) is 0 Å². The van der Waals surface area contributed by atoms with Crippen molar-refractivity contribution < 1.29 is 18.0 Å². The predicted octanol–water partition coefficient (Wildman–Crippen LogP) is 5.31. The molecule has 4 heterocycles. The third kappa shape index (κ3) is 4.36. The molecule has 2 aromatic heterocycles. The van der Waals surface area contributed by atoms with E-state index in [4.69, 9.17) is 0 Å². The fourth-order valence-electron chi connectivity index (χ4n) is 6.40. The van der Waals surface area contributed by atoms with Gasteiger partial charge in [-0.15, -0.1) is 0 Å². The summed E-state index contributed by atoms with van der Waals surface area (Å²) in [6.45, 7) is 11.7. The molecule has 0 radical (unpaired) electrons. The molecule has 2 unspecified atom stereocenters. The molecule has 0 bridgehead atoms. The van der Waals surface area contributed by atoms with Gasteiger partial charge in [0.25, 0.3) is 0 Å². The van der Waals surface area contributed by atoms with E-state index >= 15 is 13.2 Å². The van der Waals surface area contributed by atoms with E-state index in [2.05, 4.69) is 21.9 Å². The topological polar surface area (TPSA) is 83.4 Å². The van der Waals surface area contributed by atoms with Gasteiger partial charge in [-0.2, -0.15) is 4.98 Å². The van der Waals surface area contributed by atoms with Crippen LogP contribution in [0.2, 0.25) is 0 Å². The van der Waals surface area contributed by atoms with Crippen LogP contribution in [0.15, 0.2) is 54.0 Å². The molecule has 0 aliphatic carbocycles. The fourth-order valence-corrected chi connectivity index (χ4v) is 6.40. The van der Waals surface area contributed by atoms with Crippen LogP contribution in [0.1, 0.15) is 37.9 Å². The lowest BCUT2D eigenvalue weighted by atomic mass is 9.98. The first kappa shape index (κ1) is 28.4. The van der Waals surface area contributed by atoms with Crippen molar-refractivity contribution in [2.24, 2.45) is 0 Å². The van der Waals surface area contributed by atoms with Crippen molar-refractivity contribution in [3.63, 3.8) is 0 Å². The molecular formula is C32H31F3N6O2. The molecule has 2 aliphatic heterocycles. The number of aryl methyl sites for hydroxylation is 1. The Kier molecular flexibility index (Phi) is 6.98. The van der Waals surface area contributed by atoms with Crippen LogP contribution in [-0.2, 0) is 4.79 Å². The summed E-state index contributed by atoms with van der Waals surface area (Å²) in [5, 5.41) is 3.18. The van der Waals surface area contributed by atoms with Gasteiger partial charge in [0.15, 0.2) is 11.6 Å². The first-order chi connectivity index (χ1) is 20.5. The number of rotatable bonds is 4. The highest BCUT2D eigenvalue weighted by Crippen LogP contribution is 2.45. The van der Waals surface area contributed by atoms with Crippen LogP contribution < -0.4 is 15.9 Å². The van der Waals surface area contributed by atoms with Gasteiger partial charge in [0.05, 0.1) is 34.1 Å². The van der Waals surface area contributed by atoms with Gasteiger partial charge < -0.3 is 15.1 Å². The molecule has 222 valence electrons. The zero-order valence-corrected chi connectivity index (χ0v) is 24.3. The van der Waals surface area contributed by atoms with E-state index in [1.165, 1.54) is 24.3 Å². The highest BCUT2D eigenvalue weighted by molar-refractivity contribution is 6.05. The Morgan fingerprint density at radius 2 is 1.88 bits per heavy atom. The highest BCUT2D eigenvalue weighted by atomic mass is 19.1. The van der Waals surface area contributed by atoms with E-state index in [-0.39, 0.29) is 58.9 Å². The molecule has 43 heavy (non-hydrogen) atoms. The van der Waals surface area contributed by atoms with Crippen molar-refractivity contribution in [3.8, 4) is 16.8 Å². The summed E-state index contributed by atoms with van der Waals surface area (Å²) >= 11 is 0. The van der Waals surface area contributed by atoms with E-state index in [9.17, 15) is 9.59 Å². The largest absolute Gasteiger partial charge is 0.380 e. The van der Waals surface area contributed by atoms with Crippen LogP contribution >= 0.6 is 0 Å². The molecule has 6 rings (SSSR count). The standard InChI is InChI=1S/C32H31F3N6O2/c1-6-22(42)39-14-18(5)40-19(15-39)13-37-28-24-30(26(35)23(25(28)34)20-9-7-8-10-21(20)33)41(32(43)38-31(24)40)29-17(4)11-12-36-27(29)16(2)3/h6-12,16,18-19,37H,1,13-15H2,2-5H3. The fraction of sp³-hybridized carbons (Fsp3) is 0.312. The first-order valence-corrected chi connectivity index (χ1v) is 14.2. The normalized spacial score (nSPS) is 18.0. The van der Waals surface area contributed by atoms with E-state index < -0.39 is 34.7 Å². The molecule has 2 atom stereocenters. The number of piperazine rings is 1. The maximum atomic E-state index is 17.0. The molecule has 11 heteroatoms. The average molecular weight is 589 g/mol. The number of anilines is 2. The summed E-state index contributed by atoms with van der Waals surface area (Å²) in [4.78, 5) is 39.1. The van der Waals surface area contributed by atoms with Crippen LogP contribution in [0.3, 0.4) is 0 Å². The van der Waals surface area contributed by atoms with Gasteiger partial charge in [-0.1, -0.05) is 38.6 Å². The molecule has 1 amide bonds. The Balaban J connectivity index is 1.76. The summed E-state index contributed by atoms with van der Waals surface area (Å²) in [5.74, 6) is -3.21.